The van der Waals surface area contributed by atoms with Crippen LogP contribution < -0.4 is 11.3 Å². The molecule has 6 heteroatoms. The maximum Gasteiger partial charge on any atom is 0.255 e. The van der Waals surface area contributed by atoms with Crippen molar-refractivity contribution in [3.05, 3.63) is 57.5 Å². The maximum absolute atomic E-state index is 12.2. The maximum atomic E-state index is 12.2. The molecule has 0 radical (unpaired) electrons. The van der Waals surface area contributed by atoms with Crippen LogP contribution in [0.25, 0.3) is 0 Å². The molecule has 2 heterocycles. The van der Waals surface area contributed by atoms with E-state index >= 15 is 0 Å². The Morgan fingerprint density at radius 3 is 2.70 bits per heavy atom. The topological polar surface area (TPSA) is 87.4 Å². The van der Waals surface area contributed by atoms with Gasteiger partial charge < -0.3 is 10.6 Å². The van der Waals surface area contributed by atoms with Gasteiger partial charge in [0.25, 0.3) is 5.56 Å². The second-order valence-electron chi connectivity index (χ2n) is 7.61. The van der Waals surface area contributed by atoms with Crippen LogP contribution in [0.15, 0.2) is 40.1 Å². The van der Waals surface area contributed by atoms with E-state index < -0.39 is 0 Å². The van der Waals surface area contributed by atoms with Gasteiger partial charge in [-0.1, -0.05) is 30.3 Å². The first kappa shape index (κ1) is 17.8. The van der Waals surface area contributed by atoms with Gasteiger partial charge in [0.2, 0.25) is 5.95 Å². The molecule has 0 bridgehead atoms. The van der Waals surface area contributed by atoms with Crippen LogP contribution in [0.5, 0.6) is 0 Å². The third kappa shape index (κ3) is 4.21. The summed E-state index contributed by atoms with van der Waals surface area (Å²) in [5.74, 6) is 1.47. The molecule has 1 aromatic carbocycles. The third-order valence-corrected chi connectivity index (χ3v) is 5.71. The smallest absolute Gasteiger partial charge is 0.255 e. The summed E-state index contributed by atoms with van der Waals surface area (Å²) in [4.78, 5) is 26.1. The van der Waals surface area contributed by atoms with Crippen molar-refractivity contribution in [2.75, 3.05) is 13.1 Å². The summed E-state index contributed by atoms with van der Waals surface area (Å²) < 4.78 is 0. The highest BCUT2D eigenvalue weighted by Crippen LogP contribution is 2.22. The first-order valence-corrected chi connectivity index (χ1v) is 9.94. The highest BCUT2D eigenvalue weighted by Gasteiger charge is 2.21. The summed E-state index contributed by atoms with van der Waals surface area (Å²) in [5.41, 5.74) is 9.26. The molecule has 0 unspecified atom stereocenters. The van der Waals surface area contributed by atoms with Crippen LogP contribution in [-0.4, -0.2) is 33.9 Å². The largest absolute Gasteiger partial charge is 0.369 e. The van der Waals surface area contributed by atoms with E-state index in [4.69, 9.17) is 5.73 Å². The summed E-state index contributed by atoms with van der Waals surface area (Å²) in [6.45, 7) is 1.78. The van der Waals surface area contributed by atoms with E-state index in [2.05, 4.69) is 50.2 Å². The Balaban J connectivity index is 1.40. The van der Waals surface area contributed by atoms with E-state index in [0.29, 0.717) is 17.8 Å². The molecular formula is C21H27N5O. The van der Waals surface area contributed by atoms with Gasteiger partial charge in [-0.05, 0) is 56.4 Å². The zero-order chi connectivity index (χ0) is 18.6. The van der Waals surface area contributed by atoms with Gasteiger partial charge in [-0.3, -0.25) is 9.78 Å². The van der Waals surface area contributed by atoms with Crippen molar-refractivity contribution in [1.82, 2.24) is 14.9 Å². The number of nitrogens with zero attached hydrogens (tertiary/aromatic N) is 3. The van der Waals surface area contributed by atoms with Gasteiger partial charge in [-0.2, -0.15) is 4.99 Å². The number of hydrogen-bond donors (Lipinski definition) is 2. The van der Waals surface area contributed by atoms with Crippen LogP contribution in [0.1, 0.15) is 42.5 Å². The third-order valence-electron chi connectivity index (χ3n) is 5.71. The number of aromatic nitrogens is 2. The Labute approximate surface area is 159 Å². The zero-order valence-corrected chi connectivity index (χ0v) is 15.7. The van der Waals surface area contributed by atoms with Crippen LogP contribution in [0.2, 0.25) is 0 Å². The number of aryl methyl sites for hydroxylation is 1. The minimum atomic E-state index is -0.0622. The van der Waals surface area contributed by atoms with Crippen molar-refractivity contribution in [3.63, 3.8) is 0 Å². The molecule has 1 aliphatic heterocycles. The summed E-state index contributed by atoms with van der Waals surface area (Å²) in [5, 5.41) is 0. The van der Waals surface area contributed by atoms with Crippen molar-refractivity contribution < 1.29 is 0 Å². The molecule has 0 spiro atoms. The predicted octanol–water partition coefficient (Wildman–Crippen LogP) is 2.55. The predicted molar refractivity (Wildman–Crippen MR) is 107 cm³/mol. The molecule has 3 N–H and O–H groups in total. The van der Waals surface area contributed by atoms with Crippen molar-refractivity contribution in [2.45, 2.75) is 44.9 Å². The average molecular weight is 365 g/mol. The fourth-order valence-corrected chi connectivity index (χ4v) is 4.14. The molecule has 0 saturated carbocycles. The number of aliphatic imine (C=N–C) groups is 1. The van der Waals surface area contributed by atoms with Crippen molar-refractivity contribution in [2.24, 2.45) is 16.6 Å². The highest BCUT2D eigenvalue weighted by molar-refractivity contribution is 5.80. The van der Waals surface area contributed by atoms with Crippen LogP contribution in [-0.2, 0) is 19.3 Å². The van der Waals surface area contributed by atoms with Gasteiger partial charge in [0, 0.05) is 18.7 Å². The van der Waals surface area contributed by atoms with E-state index in [0.717, 1.165) is 69.3 Å². The number of aromatic amines is 1. The molecule has 4 rings (SSSR count). The number of piperidine rings is 1. The summed E-state index contributed by atoms with van der Waals surface area (Å²) in [6.07, 6.45) is 7.11. The minimum Gasteiger partial charge on any atom is -0.369 e. The summed E-state index contributed by atoms with van der Waals surface area (Å²) in [6, 6.07) is 10.6. The lowest BCUT2D eigenvalue weighted by Crippen LogP contribution is -2.43. The lowest BCUT2D eigenvalue weighted by molar-refractivity contribution is 0.263. The molecule has 1 fully saturated rings. The van der Waals surface area contributed by atoms with E-state index in [1.165, 1.54) is 5.56 Å². The molecule has 27 heavy (non-hydrogen) atoms. The van der Waals surface area contributed by atoms with Crippen LogP contribution in [0, 0.1) is 5.92 Å². The summed E-state index contributed by atoms with van der Waals surface area (Å²) >= 11 is 0. The highest BCUT2D eigenvalue weighted by atomic mass is 16.1. The molecular weight excluding hydrogens is 338 g/mol. The number of H-pyrrole nitrogens is 1. The van der Waals surface area contributed by atoms with Gasteiger partial charge >= 0.3 is 0 Å². The standard InChI is InChI=1S/C21H27N5O/c22-20(25-21-23-18-9-5-4-8-17(18)19(27)24-21)26-12-10-16(11-13-26)14-15-6-2-1-3-7-15/h1-3,6-7,16H,4-5,8-14H2,(H3,22,23,24,25,27). The second kappa shape index (κ2) is 7.94. The fraction of sp³-hybridized carbons (Fsp3) is 0.476. The molecule has 0 amide bonds. The molecule has 1 saturated heterocycles. The van der Waals surface area contributed by atoms with E-state index in [-0.39, 0.29) is 5.56 Å². The Morgan fingerprint density at radius 1 is 1.19 bits per heavy atom. The number of nitrogens with one attached hydrogen (secondary N) is 1. The number of rotatable bonds is 3. The molecule has 0 atom stereocenters. The first-order valence-electron chi connectivity index (χ1n) is 9.94. The zero-order valence-electron chi connectivity index (χ0n) is 15.7. The number of likely N-dealkylation sites (tertiary alicyclic amines) is 1. The Morgan fingerprint density at radius 2 is 1.93 bits per heavy atom. The molecule has 1 aromatic heterocycles. The fourth-order valence-electron chi connectivity index (χ4n) is 4.14. The monoisotopic (exact) mass is 365 g/mol. The molecule has 2 aromatic rings. The van der Waals surface area contributed by atoms with Gasteiger partial charge in [-0.25, -0.2) is 4.98 Å². The second-order valence-corrected chi connectivity index (χ2v) is 7.61. The Bertz CT molecular complexity index is 866. The number of guanidine groups is 1. The van der Waals surface area contributed by atoms with E-state index in [1.807, 2.05) is 0 Å². The average Bonchev–Trinajstić information content (AvgIpc) is 2.69. The lowest BCUT2D eigenvalue weighted by atomic mass is 9.90. The van der Waals surface area contributed by atoms with Crippen LogP contribution in [0.4, 0.5) is 5.95 Å². The first-order chi connectivity index (χ1) is 13.2. The quantitative estimate of drug-likeness (QED) is 0.646. The van der Waals surface area contributed by atoms with Crippen molar-refractivity contribution >= 4 is 11.9 Å². The van der Waals surface area contributed by atoms with Crippen molar-refractivity contribution in [1.29, 1.82) is 0 Å². The number of fused-ring (bicyclic) bond motifs is 1. The Hall–Kier alpha value is -2.63. The minimum absolute atomic E-state index is 0.0622. The molecule has 2 aliphatic rings. The van der Waals surface area contributed by atoms with Crippen molar-refractivity contribution in [3.8, 4) is 0 Å². The normalized spacial score (nSPS) is 18.4. The van der Waals surface area contributed by atoms with E-state index in [9.17, 15) is 4.79 Å². The van der Waals surface area contributed by atoms with E-state index in [1.54, 1.807) is 0 Å². The molecule has 1 aliphatic carbocycles. The van der Waals surface area contributed by atoms with Crippen LogP contribution >= 0.6 is 0 Å². The number of nitrogens with two attached hydrogens (primary N) is 1. The number of hydrogen-bond acceptors (Lipinski definition) is 3. The van der Waals surface area contributed by atoms with Gasteiger partial charge in [0.15, 0.2) is 5.96 Å². The van der Waals surface area contributed by atoms with Gasteiger partial charge in [0.1, 0.15) is 0 Å². The number of benzene rings is 1. The summed E-state index contributed by atoms with van der Waals surface area (Å²) in [7, 11) is 0. The molecule has 142 valence electrons. The SMILES string of the molecule is N/C(=N\c1nc2c(c(=O)[nH]1)CCCC2)N1CCC(Cc2ccccc2)CC1. The van der Waals surface area contributed by atoms with Crippen LogP contribution in [0.3, 0.4) is 0 Å². The Kier molecular flexibility index (Phi) is 5.23. The van der Waals surface area contributed by atoms with Gasteiger partial charge in [0.05, 0.1) is 5.69 Å². The van der Waals surface area contributed by atoms with Gasteiger partial charge in [-0.15, -0.1) is 0 Å². The molecule has 6 nitrogen and oxygen atoms in total. The lowest BCUT2D eigenvalue weighted by Gasteiger charge is -2.32.